The summed E-state index contributed by atoms with van der Waals surface area (Å²) in [5, 5.41) is 0.476. The Kier molecular flexibility index (Phi) is 3.88. The molecule has 0 heterocycles. The molecule has 92 valence electrons. The third kappa shape index (κ3) is 2.50. The van der Waals surface area contributed by atoms with Gasteiger partial charge in [-0.15, -0.1) is 0 Å². The van der Waals surface area contributed by atoms with Crippen LogP contribution in [0.25, 0.3) is 0 Å². The third-order valence-corrected chi connectivity index (χ3v) is 3.85. The molecule has 18 heavy (non-hydrogen) atoms. The van der Waals surface area contributed by atoms with Gasteiger partial charge in [-0.2, -0.15) is 0 Å². The predicted molar refractivity (Wildman–Crippen MR) is 78.5 cm³/mol. The lowest BCUT2D eigenvalue weighted by Gasteiger charge is -2.09. The van der Waals surface area contributed by atoms with E-state index in [9.17, 15) is 4.79 Å². The first-order valence-electron chi connectivity index (χ1n) is 5.56. The van der Waals surface area contributed by atoms with Gasteiger partial charge in [0.1, 0.15) is 0 Å². The molecule has 2 rings (SSSR count). The summed E-state index contributed by atoms with van der Waals surface area (Å²) in [5.41, 5.74) is 3.33. The molecule has 0 bridgehead atoms. The van der Waals surface area contributed by atoms with Crippen molar-refractivity contribution in [2.45, 2.75) is 13.8 Å². The highest BCUT2D eigenvalue weighted by Gasteiger charge is 2.15. The van der Waals surface area contributed by atoms with Crippen LogP contribution in [-0.2, 0) is 0 Å². The number of hydrogen-bond donors (Lipinski definition) is 0. The summed E-state index contributed by atoms with van der Waals surface area (Å²) in [6.45, 7) is 3.95. The molecule has 0 aliphatic heterocycles. The lowest BCUT2D eigenvalue weighted by molar-refractivity contribution is 0.103. The van der Waals surface area contributed by atoms with E-state index >= 15 is 0 Å². The highest BCUT2D eigenvalue weighted by Crippen LogP contribution is 2.25. The average Bonchev–Trinajstić information content (AvgIpc) is 2.35. The van der Waals surface area contributed by atoms with Gasteiger partial charge >= 0.3 is 0 Å². The van der Waals surface area contributed by atoms with Crippen molar-refractivity contribution in [3.8, 4) is 0 Å². The molecule has 0 radical (unpaired) electrons. The average molecular weight is 324 g/mol. The van der Waals surface area contributed by atoms with Crippen molar-refractivity contribution in [2.75, 3.05) is 0 Å². The number of rotatable bonds is 2. The van der Waals surface area contributed by atoms with Crippen LogP contribution in [0.5, 0.6) is 0 Å². The lowest BCUT2D eigenvalue weighted by atomic mass is 9.96. The van der Waals surface area contributed by atoms with Crippen molar-refractivity contribution in [3.63, 3.8) is 0 Å². The number of carbonyl (C=O) groups is 1. The summed E-state index contributed by atoms with van der Waals surface area (Å²) in [4.78, 5) is 12.5. The molecule has 0 saturated carbocycles. The first-order valence-corrected chi connectivity index (χ1v) is 6.74. The summed E-state index contributed by atoms with van der Waals surface area (Å²) in [6.07, 6.45) is 0. The highest BCUT2D eigenvalue weighted by molar-refractivity contribution is 9.10. The SMILES string of the molecule is Cc1cccc(C(=O)c2cc(Br)ccc2Cl)c1C. The molecule has 0 N–H and O–H groups in total. The van der Waals surface area contributed by atoms with Gasteiger partial charge in [0.25, 0.3) is 0 Å². The van der Waals surface area contributed by atoms with Gasteiger partial charge in [0, 0.05) is 15.6 Å². The summed E-state index contributed by atoms with van der Waals surface area (Å²) < 4.78 is 0.848. The van der Waals surface area contributed by atoms with E-state index in [-0.39, 0.29) is 5.78 Å². The maximum Gasteiger partial charge on any atom is 0.194 e. The van der Waals surface area contributed by atoms with Gasteiger partial charge in [-0.1, -0.05) is 45.7 Å². The summed E-state index contributed by atoms with van der Waals surface area (Å²) in [6, 6.07) is 11.0. The van der Waals surface area contributed by atoms with E-state index in [4.69, 9.17) is 11.6 Å². The van der Waals surface area contributed by atoms with Crippen molar-refractivity contribution < 1.29 is 4.79 Å². The van der Waals surface area contributed by atoms with Crippen LogP contribution in [0.1, 0.15) is 27.0 Å². The van der Waals surface area contributed by atoms with Crippen molar-refractivity contribution >= 4 is 33.3 Å². The minimum atomic E-state index is -0.0394. The minimum Gasteiger partial charge on any atom is -0.289 e. The van der Waals surface area contributed by atoms with Gasteiger partial charge in [0.05, 0.1) is 5.02 Å². The molecule has 0 unspecified atom stereocenters. The molecule has 0 aliphatic carbocycles. The van der Waals surface area contributed by atoms with E-state index in [1.54, 1.807) is 12.1 Å². The van der Waals surface area contributed by atoms with Crippen molar-refractivity contribution in [1.29, 1.82) is 0 Å². The van der Waals surface area contributed by atoms with Crippen LogP contribution in [0.4, 0.5) is 0 Å². The molecule has 0 fully saturated rings. The van der Waals surface area contributed by atoms with E-state index in [2.05, 4.69) is 15.9 Å². The third-order valence-electron chi connectivity index (χ3n) is 3.02. The Balaban J connectivity index is 2.55. The topological polar surface area (TPSA) is 17.1 Å². The van der Waals surface area contributed by atoms with Gasteiger partial charge in [0.15, 0.2) is 5.78 Å². The molecule has 2 aromatic rings. The Morgan fingerprint density at radius 3 is 2.56 bits per heavy atom. The predicted octanol–water partition coefficient (Wildman–Crippen LogP) is 4.95. The Bertz CT molecular complexity index is 616. The van der Waals surface area contributed by atoms with E-state index in [0.29, 0.717) is 16.1 Å². The molecule has 0 spiro atoms. The Morgan fingerprint density at radius 1 is 1.11 bits per heavy atom. The fourth-order valence-corrected chi connectivity index (χ4v) is 2.38. The zero-order valence-corrected chi connectivity index (χ0v) is 12.5. The van der Waals surface area contributed by atoms with Gasteiger partial charge < -0.3 is 0 Å². The number of aryl methyl sites for hydroxylation is 1. The number of ketones is 1. The smallest absolute Gasteiger partial charge is 0.194 e. The monoisotopic (exact) mass is 322 g/mol. The van der Waals surface area contributed by atoms with Crippen LogP contribution in [-0.4, -0.2) is 5.78 Å². The fourth-order valence-electron chi connectivity index (χ4n) is 1.81. The minimum absolute atomic E-state index is 0.0394. The first-order chi connectivity index (χ1) is 8.50. The van der Waals surface area contributed by atoms with Crippen LogP contribution in [0, 0.1) is 13.8 Å². The van der Waals surface area contributed by atoms with Crippen LogP contribution >= 0.6 is 27.5 Å². The fraction of sp³-hybridized carbons (Fsp3) is 0.133. The molecule has 0 saturated heterocycles. The van der Waals surface area contributed by atoms with Crippen molar-refractivity contribution in [2.24, 2.45) is 0 Å². The highest BCUT2D eigenvalue weighted by atomic mass is 79.9. The largest absolute Gasteiger partial charge is 0.289 e. The first kappa shape index (κ1) is 13.3. The Hall–Kier alpha value is -1.12. The van der Waals surface area contributed by atoms with E-state index in [1.165, 1.54) is 0 Å². The maximum absolute atomic E-state index is 12.5. The van der Waals surface area contributed by atoms with Crippen LogP contribution < -0.4 is 0 Å². The molecule has 0 aromatic heterocycles. The normalized spacial score (nSPS) is 10.4. The Morgan fingerprint density at radius 2 is 1.83 bits per heavy atom. The second-order valence-electron chi connectivity index (χ2n) is 4.20. The number of benzene rings is 2. The van der Waals surface area contributed by atoms with E-state index in [0.717, 1.165) is 15.6 Å². The van der Waals surface area contributed by atoms with Crippen LogP contribution in [0.3, 0.4) is 0 Å². The maximum atomic E-state index is 12.5. The molecule has 1 nitrogen and oxygen atoms in total. The van der Waals surface area contributed by atoms with Crippen LogP contribution in [0.2, 0.25) is 5.02 Å². The standard InChI is InChI=1S/C15H12BrClO/c1-9-4-3-5-12(10(9)2)15(18)13-8-11(16)6-7-14(13)17/h3-8H,1-2H3. The van der Waals surface area contributed by atoms with Crippen LogP contribution in [0.15, 0.2) is 40.9 Å². The van der Waals surface area contributed by atoms with Crippen molar-refractivity contribution in [1.82, 2.24) is 0 Å². The second kappa shape index (κ2) is 5.25. The van der Waals surface area contributed by atoms with Gasteiger partial charge in [-0.3, -0.25) is 4.79 Å². The molecular weight excluding hydrogens is 312 g/mol. The molecular formula is C15H12BrClO. The van der Waals surface area contributed by atoms with Gasteiger partial charge in [-0.25, -0.2) is 0 Å². The van der Waals surface area contributed by atoms with E-state index in [1.807, 2.05) is 38.1 Å². The Labute approximate surface area is 120 Å². The van der Waals surface area contributed by atoms with Crippen molar-refractivity contribution in [3.05, 3.63) is 68.1 Å². The summed E-state index contributed by atoms with van der Waals surface area (Å²) in [5.74, 6) is -0.0394. The lowest BCUT2D eigenvalue weighted by Crippen LogP contribution is -2.05. The number of carbonyl (C=O) groups excluding carboxylic acids is 1. The van der Waals surface area contributed by atoms with E-state index < -0.39 is 0 Å². The molecule has 2 aromatic carbocycles. The van der Waals surface area contributed by atoms with Gasteiger partial charge in [0.2, 0.25) is 0 Å². The summed E-state index contributed by atoms with van der Waals surface area (Å²) in [7, 11) is 0. The van der Waals surface area contributed by atoms with Gasteiger partial charge in [-0.05, 0) is 43.2 Å². The number of hydrogen-bond acceptors (Lipinski definition) is 1. The summed E-state index contributed by atoms with van der Waals surface area (Å²) >= 11 is 9.45. The zero-order chi connectivity index (χ0) is 13.3. The quantitative estimate of drug-likeness (QED) is 0.715. The molecule has 0 atom stereocenters. The molecule has 0 aliphatic rings. The molecule has 3 heteroatoms. The number of halogens is 2. The zero-order valence-electron chi connectivity index (χ0n) is 10.1. The molecule has 0 amide bonds. The second-order valence-corrected chi connectivity index (χ2v) is 5.52.